The zero-order valence-corrected chi connectivity index (χ0v) is 11.6. The summed E-state index contributed by atoms with van der Waals surface area (Å²) in [6.45, 7) is 0. The van der Waals surface area contributed by atoms with Gasteiger partial charge in [0.15, 0.2) is 0 Å². The third-order valence-corrected chi connectivity index (χ3v) is 2.29. The minimum atomic E-state index is -0.764. The SMILES string of the molecule is C#CCC(O)C=CC=CC#CC(O)CCCC(=O)OC. The number of ether oxygens (including phenoxy) is 1. The van der Waals surface area contributed by atoms with Gasteiger partial charge in [-0.2, -0.15) is 0 Å². The fourth-order valence-corrected chi connectivity index (χ4v) is 1.24. The van der Waals surface area contributed by atoms with Crippen molar-refractivity contribution < 1.29 is 19.7 Å². The van der Waals surface area contributed by atoms with E-state index < -0.39 is 12.2 Å². The molecule has 0 radical (unpaired) electrons. The van der Waals surface area contributed by atoms with Crippen LogP contribution in [0, 0.1) is 24.2 Å². The van der Waals surface area contributed by atoms with Gasteiger partial charge in [0, 0.05) is 12.8 Å². The van der Waals surface area contributed by atoms with E-state index in [1.807, 2.05) is 0 Å². The largest absolute Gasteiger partial charge is 0.469 e. The van der Waals surface area contributed by atoms with Gasteiger partial charge < -0.3 is 14.9 Å². The van der Waals surface area contributed by atoms with Gasteiger partial charge in [-0.05, 0) is 18.9 Å². The molecule has 0 saturated carbocycles. The first-order chi connectivity index (χ1) is 9.60. The molecular formula is C16H20O4. The van der Waals surface area contributed by atoms with Crippen LogP contribution in [0.1, 0.15) is 25.7 Å². The number of rotatable bonds is 7. The molecule has 0 aromatic heterocycles. The number of aliphatic hydroxyl groups excluding tert-OH is 2. The highest BCUT2D eigenvalue weighted by molar-refractivity contribution is 5.68. The van der Waals surface area contributed by atoms with Crippen LogP contribution in [0.15, 0.2) is 24.3 Å². The number of carbonyl (C=O) groups is 1. The Morgan fingerprint density at radius 2 is 2.15 bits per heavy atom. The number of terminal acetylenes is 1. The summed E-state index contributed by atoms with van der Waals surface area (Å²) in [7, 11) is 1.33. The van der Waals surface area contributed by atoms with Gasteiger partial charge in [-0.25, -0.2) is 0 Å². The molecule has 4 heteroatoms. The number of aliphatic hydroxyl groups is 2. The monoisotopic (exact) mass is 276 g/mol. The van der Waals surface area contributed by atoms with E-state index in [2.05, 4.69) is 22.5 Å². The summed E-state index contributed by atoms with van der Waals surface area (Å²) in [6.07, 6.45) is 11.5. The van der Waals surface area contributed by atoms with Gasteiger partial charge in [-0.3, -0.25) is 4.79 Å². The molecule has 2 N–H and O–H groups in total. The van der Waals surface area contributed by atoms with Crippen LogP contribution in [0.2, 0.25) is 0 Å². The molecule has 2 unspecified atom stereocenters. The van der Waals surface area contributed by atoms with E-state index in [1.54, 1.807) is 24.3 Å². The third-order valence-electron chi connectivity index (χ3n) is 2.29. The molecule has 20 heavy (non-hydrogen) atoms. The van der Waals surface area contributed by atoms with Gasteiger partial charge in [-0.1, -0.05) is 30.1 Å². The lowest BCUT2D eigenvalue weighted by Crippen LogP contribution is -2.05. The first-order valence-electron chi connectivity index (χ1n) is 6.31. The molecule has 0 aliphatic rings. The Labute approximate surface area is 120 Å². The molecule has 108 valence electrons. The van der Waals surface area contributed by atoms with Crippen LogP contribution in [-0.4, -0.2) is 35.5 Å². The second-order valence-electron chi connectivity index (χ2n) is 3.99. The van der Waals surface area contributed by atoms with Crippen molar-refractivity contribution in [2.45, 2.75) is 37.9 Å². The van der Waals surface area contributed by atoms with Gasteiger partial charge in [0.25, 0.3) is 0 Å². The number of esters is 1. The highest BCUT2D eigenvalue weighted by Crippen LogP contribution is 2.01. The average molecular weight is 276 g/mol. The second-order valence-corrected chi connectivity index (χ2v) is 3.99. The standard InChI is InChI=1S/C16H20O4/c1-3-9-14(17)10-6-4-5-7-11-15(18)12-8-13-16(19)20-2/h1,4-6,10,14-15,17-18H,8-9,12-13H2,2H3. The third kappa shape index (κ3) is 11.1. The molecule has 0 amide bonds. The van der Waals surface area contributed by atoms with Crippen LogP contribution in [0.4, 0.5) is 0 Å². The van der Waals surface area contributed by atoms with Crippen molar-refractivity contribution in [2.24, 2.45) is 0 Å². The Morgan fingerprint density at radius 1 is 1.40 bits per heavy atom. The number of methoxy groups -OCH3 is 1. The summed E-state index contributed by atoms with van der Waals surface area (Å²) in [6, 6.07) is 0. The molecule has 0 fully saturated rings. The fraction of sp³-hybridized carbons (Fsp3) is 0.438. The topological polar surface area (TPSA) is 66.8 Å². The van der Waals surface area contributed by atoms with Crippen LogP contribution in [0.5, 0.6) is 0 Å². The quantitative estimate of drug-likeness (QED) is 0.416. The van der Waals surface area contributed by atoms with Crippen molar-refractivity contribution in [1.82, 2.24) is 0 Å². The van der Waals surface area contributed by atoms with Crippen molar-refractivity contribution in [3.8, 4) is 24.2 Å². The zero-order valence-electron chi connectivity index (χ0n) is 11.6. The summed E-state index contributed by atoms with van der Waals surface area (Å²) >= 11 is 0. The fourth-order valence-electron chi connectivity index (χ4n) is 1.24. The van der Waals surface area contributed by atoms with Gasteiger partial charge in [0.1, 0.15) is 6.10 Å². The van der Waals surface area contributed by atoms with E-state index in [0.717, 1.165) is 0 Å². The zero-order chi connectivity index (χ0) is 15.2. The Kier molecular flexibility index (Phi) is 10.8. The van der Waals surface area contributed by atoms with Crippen LogP contribution in [0.3, 0.4) is 0 Å². The van der Waals surface area contributed by atoms with Crippen molar-refractivity contribution in [3.63, 3.8) is 0 Å². The van der Waals surface area contributed by atoms with Crippen LogP contribution in [0.25, 0.3) is 0 Å². The molecule has 0 aliphatic heterocycles. The Bertz CT molecular complexity index is 432. The Morgan fingerprint density at radius 3 is 2.80 bits per heavy atom. The van der Waals surface area contributed by atoms with E-state index in [4.69, 9.17) is 6.42 Å². The lowest BCUT2D eigenvalue weighted by molar-refractivity contribution is -0.140. The molecule has 0 aromatic rings. The minimum Gasteiger partial charge on any atom is -0.469 e. The Balaban J connectivity index is 3.90. The van der Waals surface area contributed by atoms with Crippen molar-refractivity contribution in [2.75, 3.05) is 7.11 Å². The second kappa shape index (κ2) is 12.0. The molecule has 4 nitrogen and oxygen atoms in total. The first kappa shape index (κ1) is 18.0. The number of carbonyl (C=O) groups excluding carboxylic acids is 1. The highest BCUT2D eigenvalue weighted by Gasteiger charge is 2.03. The van der Waals surface area contributed by atoms with Gasteiger partial charge in [0.05, 0.1) is 13.2 Å². The van der Waals surface area contributed by atoms with Gasteiger partial charge >= 0.3 is 5.97 Å². The lowest BCUT2D eigenvalue weighted by Gasteiger charge is -2.01. The molecular weight excluding hydrogens is 256 g/mol. The molecule has 0 rings (SSSR count). The van der Waals surface area contributed by atoms with Crippen molar-refractivity contribution in [3.05, 3.63) is 24.3 Å². The van der Waals surface area contributed by atoms with Crippen molar-refractivity contribution >= 4 is 5.97 Å². The molecule has 2 atom stereocenters. The van der Waals surface area contributed by atoms with Crippen LogP contribution >= 0.6 is 0 Å². The van der Waals surface area contributed by atoms with Crippen LogP contribution in [-0.2, 0) is 9.53 Å². The van der Waals surface area contributed by atoms with E-state index in [9.17, 15) is 15.0 Å². The summed E-state index contributed by atoms with van der Waals surface area (Å²) in [5.41, 5.74) is 0. The number of hydrogen-bond acceptors (Lipinski definition) is 4. The van der Waals surface area contributed by atoms with Crippen molar-refractivity contribution in [1.29, 1.82) is 0 Å². The predicted octanol–water partition coefficient (Wildman–Crippen LogP) is 1.19. The van der Waals surface area contributed by atoms with E-state index >= 15 is 0 Å². The molecule has 0 aliphatic carbocycles. The molecule has 0 spiro atoms. The number of allylic oxidation sites excluding steroid dienone is 3. The van der Waals surface area contributed by atoms with E-state index in [1.165, 1.54) is 7.11 Å². The summed E-state index contributed by atoms with van der Waals surface area (Å²) in [5, 5.41) is 18.8. The smallest absolute Gasteiger partial charge is 0.305 e. The van der Waals surface area contributed by atoms with Crippen LogP contribution < -0.4 is 0 Å². The molecule has 0 aromatic carbocycles. The first-order valence-corrected chi connectivity index (χ1v) is 6.31. The maximum absolute atomic E-state index is 10.8. The summed E-state index contributed by atoms with van der Waals surface area (Å²) in [4.78, 5) is 10.8. The maximum Gasteiger partial charge on any atom is 0.305 e. The molecule has 0 bridgehead atoms. The summed E-state index contributed by atoms with van der Waals surface area (Å²) in [5.74, 6) is 7.35. The predicted molar refractivity (Wildman–Crippen MR) is 77.4 cm³/mol. The summed E-state index contributed by atoms with van der Waals surface area (Å²) < 4.78 is 4.49. The molecule has 0 saturated heterocycles. The number of hydrogen-bond donors (Lipinski definition) is 2. The average Bonchev–Trinajstić information content (AvgIpc) is 2.42. The van der Waals surface area contributed by atoms with Gasteiger partial charge in [-0.15, -0.1) is 12.3 Å². The van der Waals surface area contributed by atoms with E-state index in [-0.39, 0.29) is 18.8 Å². The van der Waals surface area contributed by atoms with E-state index in [0.29, 0.717) is 12.8 Å². The minimum absolute atomic E-state index is 0.273. The Hall–Kier alpha value is -2.01. The lowest BCUT2D eigenvalue weighted by atomic mass is 10.1. The van der Waals surface area contributed by atoms with Gasteiger partial charge in [0.2, 0.25) is 0 Å². The normalized spacial score (nSPS) is 13.5. The highest BCUT2D eigenvalue weighted by atomic mass is 16.5. The maximum atomic E-state index is 10.8. The molecule has 0 heterocycles.